The summed E-state index contributed by atoms with van der Waals surface area (Å²) < 4.78 is 0. The first kappa shape index (κ1) is 13.9. The van der Waals surface area contributed by atoms with Crippen LogP contribution in [0.4, 0.5) is 0 Å². The molecule has 0 fully saturated rings. The molecule has 0 aliphatic heterocycles. The van der Waals surface area contributed by atoms with Crippen LogP contribution < -0.4 is 10.6 Å². The predicted molar refractivity (Wildman–Crippen MR) is 50.0 cm³/mol. The second-order valence-electron chi connectivity index (χ2n) is 2.02. The Morgan fingerprint density at radius 3 is 2.33 bits per heavy atom. The largest absolute Gasteiger partial charge is 0.395 e. The molecule has 0 saturated carbocycles. The van der Waals surface area contributed by atoms with Crippen LogP contribution in [0.15, 0.2) is 0 Å². The van der Waals surface area contributed by atoms with E-state index in [1.165, 1.54) is 0 Å². The second kappa shape index (κ2) is 10.4. The van der Waals surface area contributed by atoms with E-state index in [-0.39, 0.29) is 18.6 Å². The molecule has 0 aromatic heterocycles. The standard InChI is InChI=1S/C6H14N2O2.C2H6/c1-5(7-2)6(10)8-3-4-9;1-2/h5,7,9H,3-4H2,1-2H3,(H,8,10);1-2H3. The molecule has 0 aromatic rings. The van der Waals surface area contributed by atoms with E-state index in [0.717, 1.165) is 0 Å². The van der Waals surface area contributed by atoms with Gasteiger partial charge in [0.1, 0.15) is 0 Å². The summed E-state index contributed by atoms with van der Waals surface area (Å²) in [4.78, 5) is 10.8. The minimum absolute atomic E-state index is 0.0117. The van der Waals surface area contributed by atoms with E-state index in [1.807, 2.05) is 13.8 Å². The molecule has 1 unspecified atom stereocenters. The van der Waals surface area contributed by atoms with Crippen molar-refractivity contribution >= 4 is 5.91 Å². The van der Waals surface area contributed by atoms with Crippen LogP contribution in [0, 0.1) is 0 Å². The lowest BCUT2D eigenvalue weighted by Gasteiger charge is -2.08. The summed E-state index contributed by atoms with van der Waals surface area (Å²) in [5.41, 5.74) is 0. The van der Waals surface area contributed by atoms with Crippen LogP contribution in [0.25, 0.3) is 0 Å². The first-order valence-electron chi connectivity index (χ1n) is 4.28. The Morgan fingerprint density at radius 1 is 1.50 bits per heavy atom. The van der Waals surface area contributed by atoms with Gasteiger partial charge in [-0.15, -0.1) is 0 Å². The van der Waals surface area contributed by atoms with E-state index in [0.29, 0.717) is 6.54 Å². The quantitative estimate of drug-likeness (QED) is 0.552. The molecule has 0 rings (SSSR count). The third-order valence-corrected chi connectivity index (χ3v) is 1.24. The molecule has 0 saturated heterocycles. The number of carbonyl (C=O) groups excluding carboxylic acids is 1. The van der Waals surface area contributed by atoms with Crippen LogP contribution >= 0.6 is 0 Å². The third-order valence-electron chi connectivity index (χ3n) is 1.24. The van der Waals surface area contributed by atoms with E-state index in [2.05, 4.69) is 10.6 Å². The van der Waals surface area contributed by atoms with Gasteiger partial charge < -0.3 is 15.7 Å². The van der Waals surface area contributed by atoms with E-state index in [1.54, 1.807) is 14.0 Å². The molecular formula is C8H20N2O2. The zero-order chi connectivity index (χ0) is 9.98. The van der Waals surface area contributed by atoms with Crippen molar-refractivity contribution in [3.63, 3.8) is 0 Å². The van der Waals surface area contributed by atoms with Gasteiger partial charge in [0.05, 0.1) is 12.6 Å². The zero-order valence-electron chi connectivity index (χ0n) is 8.35. The van der Waals surface area contributed by atoms with E-state index in [9.17, 15) is 4.79 Å². The Morgan fingerprint density at radius 2 is 2.00 bits per heavy atom. The van der Waals surface area contributed by atoms with Crippen molar-refractivity contribution in [1.82, 2.24) is 10.6 Å². The number of nitrogens with one attached hydrogen (secondary N) is 2. The molecule has 0 spiro atoms. The highest BCUT2D eigenvalue weighted by atomic mass is 16.3. The van der Waals surface area contributed by atoms with E-state index < -0.39 is 0 Å². The molecule has 0 bridgehead atoms. The van der Waals surface area contributed by atoms with E-state index in [4.69, 9.17) is 5.11 Å². The van der Waals surface area contributed by atoms with Crippen molar-refractivity contribution in [3.8, 4) is 0 Å². The maximum Gasteiger partial charge on any atom is 0.236 e. The summed E-state index contributed by atoms with van der Waals surface area (Å²) >= 11 is 0. The van der Waals surface area contributed by atoms with Gasteiger partial charge in [0.15, 0.2) is 0 Å². The normalized spacial score (nSPS) is 11.1. The van der Waals surface area contributed by atoms with Crippen LogP contribution in [0.1, 0.15) is 20.8 Å². The molecule has 4 nitrogen and oxygen atoms in total. The number of likely N-dealkylation sites (N-methyl/N-ethyl adjacent to an activating group) is 1. The average molecular weight is 176 g/mol. The molecule has 0 aliphatic carbocycles. The monoisotopic (exact) mass is 176 g/mol. The molecule has 1 amide bonds. The van der Waals surface area contributed by atoms with Crippen LogP contribution in [0.2, 0.25) is 0 Å². The first-order chi connectivity index (χ1) is 5.72. The SMILES string of the molecule is CC.CNC(C)C(=O)NCCO. The van der Waals surface area contributed by atoms with Gasteiger partial charge in [0, 0.05) is 6.54 Å². The fourth-order valence-corrected chi connectivity index (χ4v) is 0.463. The Kier molecular flexibility index (Phi) is 12.1. The molecular weight excluding hydrogens is 156 g/mol. The first-order valence-corrected chi connectivity index (χ1v) is 4.28. The Hall–Kier alpha value is -0.610. The number of hydrogen-bond acceptors (Lipinski definition) is 3. The van der Waals surface area contributed by atoms with Gasteiger partial charge in [-0.05, 0) is 14.0 Å². The van der Waals surface area contributed by atoms with Gasteiger partial charge in [0.2, 0.25) is 5.91 Å². The average Bonchev–Trinajstić information content (AvgIpc) is 2.16. The van der Waals surface area contributed by atoms with Crippen molar-refractivity contribution in [3.05, 3.63) is 0 Å². The predicted octanol–water partition coefficient (Wildman–Crippen LogP) is -0.271. The minimum atomic E-state index is -0.188. The molecule has 3 N–H and O–H groups in total. The van der Waals surface area contributed by atoms with Crippen LogP contribution in [-0.2, 0) is 4.79 Å². The highest BCUT2D eigenvalue weighted by Crippen LogP contribution is 1.77. The summed E-state index contributed by atoms with van der Waals surface area (Å²) in [6.07, 6.45) is 0. The maximum absolute atomic E-state index is 10.8. The van der Waals surface area contributed by atoms with Crippen LogP contribution in [-0.4, -0.2) is 37.3 Å². The van der Waals surface area contributed by atoms with Crippen LogP contribution in [0.5, 0.6) is 0 Å². The maximum atomic E-state index is 10.8. The number of hydrogen-bond donors (Lipinski definition) is 3. The number of carbonyl (C=O) groups is 1. The Bertz CT molecular complexity index is 107. The highest BCUT2D eigenvalue weighted by molar-refractivity contribution is 5.81. The Balaban J connectivity index is 0. The second-order valence-corrected chi connectivity index (χ2v) is 2.02. The third kappa shape index (κ3) is 7.50. The molecule has 1 atom stereocenters. The van der Waals surface area contributed by atoms with Gasteiger partial charge in [-0.2, -0.15) is 0 Å². The summed E-state index contributed by atoms with van der Waals surface area (Å²) in [7, 11) is 1.71. The van der Waals surface area contributed by atoms with Crippen molar-refractivity contribution in [2.45, 2.75) is 26.8 Å². The smallest absolute Gasteiger partial charge is 0.236 e. The lowest BCUT2D eigenvalue weighted by Crippen LogP contribution is -2.41. The number of aliphatic hydroxyl groups is 1. The highest BCUT2D eigenvalue weighted by Gasteiger charge is 2.07. The van der Waals surface area contributed by atoms with Crippen molar-refractivity contribution in [2.24, 2.45) is 0 Å². The van der Waals surface area contributed by atoms with Gasteiger partial charge in [0.25, 0.3) is 0 Å². The molecule has 0 heterocycles. The summed E-state index contributed by atoms with van der Waals surface area (Å²) in [5, 5.41) is 13.6. The fourth-order valence-electron chi connectivity index (χ4n) is 0.463. The minimum Gasteiger partial charge on any atom is -0.395 e. The topological polar surface area (TPSA) is 61.4 Å². The molecule has 74 valence electrons. The molecule has 12 heavy (non-hydrogen) atoms. The van der Waals surface area contributed by atoms with E-state index >= 15 is 0 Å². The van der Waals surface area contributed by atoms with Gasteiger partial charge in [-0.1, -0.05) is 13.8 Å². The lowest BCUT2D eigenvalue weighted by atomic mass is 10.3. The number of amides is 1. The number of rotatable bonds is 4. The van der Waals surface area contributed by atoms with Crippen molar-refractivity contribution in [2.75, 3.05) is 20.2 Å². The molecule has 0 aromatic carbocycles. The zero-order valence-corrected chi connectivity index (χ0v) is 8.35. The van der Waals surface area contributed by atoms with Crippen molar-refractivity contribution in [1.29, 1.82) is 0 Å². The molecule has 0 radical (unpaired) electrons. The number of aliphatic hydroxyl groups excluding tert-OH is 1. The summed E-state index contributed by atoms with van der Waals surface area (Å²) in [6.45, 7) is 6.07. The van der Waals surface area contributed by atoms with Crippen LogP contribution in [0.3, 0.4) is 0 Å². The Labute approximate surface area is 74.4 Å². The van der Waals surface area contributed by atoms with Gasteiger partial charge in [-0.25, -0.2) is 0 Å². The molecule has 0 aliphatic rings. The lowest BCUT2D eigenvalue weighted by molar-refractivity contribution is -0.122. The molecule has 4 heteroatoms. The summed E-state index contributed by atoms with van der Waals surface area (Å²) in [5.74, 6) is -0.0865. The van der Waals surface area contributed by atoms with Crippen molar-refractivity contribution < 1.29 is 9.90 Å². The fraction of sp³-hybridized carbons (Fsp3) is 0.875. The van der Waals surface area contributed by atoms with Gasteiger partial charge in [-0.3, -0.25) is 4.79 Å². The van der Waals surface area contributed by atoms with Gasteiger partial charge >= 0.3 is 0 Å². The summed E-state index contributed by atoms with van der Waals surface area (Å²) in [6, 6.07) is -0.188.